The molecule has 0 aliphatic heterocycles. The summed E-state index contributed by atoms with van der Waals surface area (Å²) in [5.74, 6) is 3.77. The Morgan fingerprint density at radius 3 is 2.50 bits per heavy atom. The van der Waals surface area contributed by atoms with Gasteiger partial charge in [0, 0.05) is 0 Å². The van der Waals surface area contributed by atoms with Gasteiger partial charge in [0.25, 0.3) is 5.82 Å². The van der Waals surface area contributed by atoms with Crippen molar-refractivity contribution in [3.05, 3.63) is 54.4 Å². The fourth-order valence-electron chi connectivity index (χ4n) is 5.19. The Hall–Kier alpha value is -3.02. The molecule has 6 nitrogen and oxygen atoms in total. The predicted molar refractivity (Wildman–Crippen MR) is 132 cm³/mol. The molecule has 4 rings (SSSR count). The van der Waals surface area contributed by atoms with E-state index in [1.165, 1.54) is 6.42 Å². The number of hydrogen-bond donors (Lipinski definition) is 0. The second kappa shape index (κ2) is 10.5. The minimum atomic E-state index is -0.184. The molecule has 1 aromatic heterocycles. The largest absolute Gasteiger partial charge is 0.497 e. The summed E-state index contributed by atoms with van der Waals surface area (Å²) in [6, 6.07) is 15.6. The zero-order valence-electron chi connectivity index (χ0n) is 21.0. The molecule has 1 fully saturated rings. The van der Waals surface area contributed by atoms with Crippen LogP contribution in [-0.4, -0.2) is 23.8 Å². The van der Waals surface area contributed by atoms with Crippen molar-refractivity contribution in [2.75, 3.05) is 7.11 Å². The highest BCUT2D eigenvalue weighted by atomic mass is 16.5. The quantitative estimate of drug-likeness (QED) is 0.345. The van der Waals surface area contributed by atoms with Gasteiger partial charge >= 0.3 is 5.97 Å². The molecule has 0 bridgehead atoms. The second-order valence-corrected chi connectivity index (χ2v) is 9.87. The normalized spacial score (nSPS) is 20.5. The molecule has 6 heteroatoms. The van der Waals surface area contributed by atoms with Gasteiger partial charge in [-0.1, -0.05) is 39.3 Å². The number of imidazole rings is 1. The van der Waals surface area contributed by atoms with Crippen molar-refractivity contribution in [3.63, 3.8) is 0 Å². The number of aromatic nitrogens is 2. The van der Waals surface area contributed by atoms with Gasteiger partial charge in [-0.25, -0.2) is 13.9 Å². The first-order chi connectivity index (χ1) is 16.4. The van der Waals surface area contributed by atoms with Gasteiger partial charge in [0.05, 0.1) is 14.2 Å². The highest BCUT2D eigenvalue weighted by Gasteiger charge is 2.34. The van der Waals surface area contributed by atoms with Crippen molar-refractivity contribution < 1.29 is 23.6 Å². The van der Waals surface area contributed by atoms with Gasteiger partial charge in [-0.3, -0.25) is 0 Å². The van der Waals surface area contributed by atoms with Crippen molar-refractivity contribution in [2.24, 2.45) is 24.8 Å². The molecule has 182 valence electrons. The van der Waals surface area contributed by atoms with Crippen LogP contribution in [0.4, 0.5) is 0 Å². The highest BCUT2D eigenvalue weighted by molar-refractivity contribution is 5.76. The average Bonchev–Trinajstić information content (AvgIpc) is 3.08. The topological polar surface area (TPSA) is 53.6 Å². The number of aryl methyl sites for hydroxylation is 1. The summed E-state index contributed by atoms with van der Waals surface area (Å²) in [6.45, 7) is 7.22. The molecule has 0 saturated heterocycles. The van der Waals surface area contributed by atoms with Crippen LogP contribution >= 0.6 is 0 Å². The van der Waals surface area contributed by atoms with Crippen LogP contribution in [0.25, 0.3) is 11.0 Å². The third kappa shape index (κ3) is 5.21. The molecule has 1 aliphatic rings. The van der Waals surface area contributed by atoms with Crippen molar-refractivity contribution in [1.29, 1.82) is 0 Å². The smallest absolute Gasteiger partial charge is 0.348 e. The molecule has 1 heterocycles. The summed E-state index contributed by atoms with van der Waals surface area (Å²) in [5.41, 5.74) is 2.04. The van der Waals surface area contributed by atoms with Gasteiger partial charge in [0.2, 0.25) is 0 Å². The van der Waals surface area contributed by atoms with Crippen LogP contribution in [0.1, 0.15) is 45.9 Å². The summed E-state index contributed by atoms with van der Waals surface area (Å²) in [5, 5.41) is 0. The number of rotatable bonds is 8. The van der Waals surface area contributed by atoms with Crippen LogP contribution in [0.2, 0.25) is 0 Å². The minimum absolute atomic E-state index is 0.00849. The van der Waals surface area contributed by atoms with Crippen molar-refractivity contribution >= 4 is 17.0 Å². The molecule has 0 radical (unpaired) electrons. The first-order valence-electron chi connectivity index (χ1n) is 12.3. The fraction of sp³-hybridized carbons (Fsp3) is 0.500. The van der Waals surface area contributed by atoms with E-state index in [9.17, 15) is 4.79 Å². The van der Waals surface area contributed by atoms with Crippen LogP contribution in [0.5, 0.6) is 11.5 Å². The SMILES string of the molecule is COc1ccc(OCc2n(CC(=O)O[C@@H]3C[C@@H](C)CC[C@H]3C(C)C)c3ccccc3[n+]2C)cc1. The van der Waals surface area contributed by atoms with Crippen molar-refractivity contribution in [3.8, 4) is 11.5 Å². The molecule has 34 heavy (non-hydrogen) atoms. The third-order valence-electron chi connectivity index (χ3n) is 7.19. The van der Waals surface area contributed by atoms with Gasteiger partial charge in [-0.05, 0) is 67.0 Å². The van der Waals surface area contributed by atoms with E-state index in [0.29, 0.717) is 24.4 Å². The number of ether oxygens (including phenoxy) is 3. The Morgan fingerprint density at radius 2 is 1.79 bits per heavy atom. The van der Waals surface area contributed by atoms with E-state index in [0.717, 1.165) is 41.2 Å². The first-order valence-corrected chi connectivity index (χ1v) is 12.3. The minimum Gasteiger partial charge on any atom is -0.497 e. The van der Waals surface area contributed by atoms with E-state index in [1.807, 2.05) is 54.1 Å². The number of methoxy groups -OCH3 is 1. The lowest BCUT2D eigenvalue weighted by molar-refractivity contribution is -0.655. The molecular formula is C28H37N2O4+. The van der Waals surface area contributed by atoms with Crippen molar-refractivity contribution in [1.82, 2.24) is 4.57 Å². The van der Waals surface area contributed by atoms with Crippen molar-refractivity contribution in [2.45, 2.75) is 59.3 Å². The maximum atomic E-state index is 13.2. The molecule has 0 spiro atoms. The van der Waals surface area contributed by atoms with Crippen LogP contribution in [0, 0.1) is 17.8 Å². The monoisotopic (exact) mass is 465 g/mol. The van der Waals surface area contributed by atoms with Gasteiger partial charge in [0.15, 0.2) is 24.2 Å². The van der Waals surface area contributed by atoms with E-state index in [-0.39, 0.29) is 18.6 Å². The van der Waals surface area contributed by atoms with Crippen LogP contribution < -0.4 is 14.0 Å². The van der Waals surface area contributed by atoms with E-state index in [4.69, 9.17) is 14.2 Å². The molecule has 2 aromatic carbocycles. The molecule has 0 N–H and O–H groups in total. The Bertz CT molecular complexity index is 1120. The summed E-state index contributed by atoms with van der Waals surface area (Å²) in [6.07, 6.45) is 3.27. The standard InChI is InChI=1S/C28H37N2O4/c1-19(2)23-15-10-20(3)16-26(23)34-28(31)17-30-25-9-7-6-8-24(25)29(4)27(30)18-33-22-13-11-21(32-5)12-14-22/h6-9,11-14,19-20,23,26H,10,15-18H2,1-5H3/q+1/t20-,23-,26+/m0/s1. The molecule has 0 amide bonds. The maximum Gasteiger partial charge on any atom is 0.348 e. The molecule has 3 atom stereocenters. The Balaban J connectivity index is 1.55. The fourth-order valence-corrected chi connectivity index (χ4v) is 5.19. The number of esters is 1. The molecule has 1 saturated carbocycles. The Labute approximate surface area is 202 Å². The number of carbonyl (C=O) groups is 1. The first kappa shape index (κ1) is 24.1. The zero-order valence-corrected chi connectivity index (χ0v) is 21.0. The van der Waals surface area contributed by atoms with E-state index in [2.05, 4.69) is 31.4 Å². The van der Waals surface area contributed by atoms with Gasteiger partial charge < -0.3 is 14.2 Å². The lowest BCUT2D eigenvalue weighted by Gasteiger charge is -2.36. The number of benzene rings is 2. The summed E-state index contributed by atoms with van der Waals surface area (Å²) >= 11 is 0. The average molecular weight is 466 g/mol. The maximum absolute atomic E-state index is 13.2. The number of hydrogen-bond acceptors (Lipinski definition) is 4. The molecular weight excluding hydrogens is 428 g/mol. The van der Waals surface area contributed by atoms with E-state index in [1.54, 1.807) is 7.11 Å². The molecule has 0 unspecified atom stereocenters. The number of para-hydroxylation sites is 2. The van der Waals surface area contributed by atoms with E-state index >= 15 is 0 Å². The third-order valence-corrected chi connectivity index (χ3v) is 7.19. The van der Waals surface area contributed by atoms with Crippen LogP contribution in [0.15, 0.2) is 48.5 Å². The summed E-state index contributed by atoms with van der Waals surface area (Å²) in [7, 11) is 3.65. The Morgan fingerprint density at radius 1 is 1.09 bits per heavy atom. The van der Waals surface area contributed by atoms with Crippen LogP contribution in [-0.2, 0) is 29.7 Å². The van der Waals surface area contributed by atoms with E-state index < -0.39 is 0 Å². The lowest BCUT2D eigenvalue weighted by Crippen LogP contribution is -2.37. The summed E-state index contributed by atoms with van der Waals surface area (Å²) < 4.78 is 21.5. The second-order valence-electron chi connectivity index (χ2n) is 9.87. The lowest BCUT2D eigenvalue weighted by atomic mass is 9.75. The van der Waals surface area contributed by atoms with Gasteiger partial charge in [-0.2, -0.15) is 0 Å². The number of carbonyl (C=O) groups excluding carboxylic acids is 1. The highest BCUT2D eigenvalue weighted by Crippen LogP contribution is 2.35. The number of fused-ring (bicyclic) bond motifs is 1. The number of nitrogens with zero attached hydrogens (tertiary/aromatic N) is 2. The molecule has 3 aromatic rings. The molecule has 1 aliphatic carbocycles. The summed E-state index contributed by atoms with van der Waals surface area (Å²) in [4.78, 5) is 13.2. The van der Waals surface area contributed by atoms with Gasteiger partial charge in [0.1, 0.15) is 17.6 Å². The Kier molecular flexibility index (Phi) is 7.44. The van der Waals surface area contributed by atoms with Crippen LogP contribution in [0.3, 0.4) is 0 Å². The zero-order chi connectivity index (χ0) is 24.2. The predicted octanol–water partition coefficient (Wildman–Crippen LogP) is 5.06. The van der Waals surface area contributed by atoms with Gasteiger partial charge in [-0.15, -0.1) is 0 Å².